The van der Waals surface area contributed by atoms with E-state index >= 15 is 0 Å². The Morgan fingerprint density at radius 2 is 1.62 bits per heavy atom. The van der Waals surface area contributed by atoms with Crippen molar-refractivity contribution >= 4 is 35.5 Å². The van der Waals surface area contributed by atoms with Gasteiger partial charge in [-0.25, -0.2) is 4.79 Å². The number of esters is 1. The van der Waals surface area contributed by atoms with Crippen LogP contribution < -0.4 is 31.7 Å². The van der Waals surface area contributed by atoms with Crippen LogP contribution in [-0.4, -0.2) is 78.5 Å². The molecule has 1 heterocycles. The molecule has 0 aliphatic carbocycles. The van der Waals surface area contributed by atoms with Gasteiger partial charge in [-0.05, 0) is 66.5 Å². The zero-order valence-electron chi connectivity index (χ0n) is 34.5. The fourth-order valence-electron chi connectivity index (χ4n) is 6.51. The van der Waals surface area contributed by atoms with Crippen LogP contribution in [0.2, 0.25) is 0 Å². The molecule has 0 saturated heterocycles. The first kappa shape index (κ1) is 46.7. The lowest BCUT2D eigenvalue weighted by molar-refractivity contribution is -0.149. The van der Waals surface area contributed by atoms with Crippen LogP contribution in [0.3, 0.4) is 0 Å². The average molecular weight is 804 g/mol. The van der Waals surface area contributed by atoms with Crippen molar-refractivity contribution in [2.45, 2.75) is 104 Å². The summed E-state index contributed by atoms with van der Waals surface area (Å²) in [6.07, 6.45) is 11.0. The highest BCUT2D eigenvalue weighted by Crippen LogP contribution is 2.23. The Labute approximate surface area is 341 Å². The lowest BCUT2D eigenvalue weighted by atomic mass is 9.84. The third-order valence-corrected chi connectivity index (χ3v) is 9.96. The fourth-order valence-corrected chi connectivity index (χ4v) is 6.51. The highest BCUT2D eigenvalue weighted by molar-refractivity contribution is 5.95. The predicted octanol–water partition coefficient (Wildman–Crippen LogP) is 3.79. The average Bonchev–Trinajstić information content (AvgIpc) is 3.18. The Morgan fingerprint density at radius 3 is 2.22 bits per heavy atom. The Balaban J connectivity index is 1.88. The predicted molar refractivity (Wildman–Crippen MR) is 220 cm³/mol. The Hall–Kier alpha value is -5.66. The summed E-state index contributed by atoms with van der Waals surface area (Å²) in [7, 11) is 1.53. The Kier molecular flexibility index (Phi) is 19.0. The zero-order valence-corrected chi connectivity index (χ0v) is 34.5. The van der Waals surface area contributed by atoms with E-state index in [-0.39, 0.29) is 24.5 Å². The van der Waals surface area contributed by atoms with E-state index in [1.807, 2.05) is 6.08 Å². The molecule has 58 heavy (non-hydrogen) atoms. The van der Waals surface area contributed by atoms with Crippen molar-refractivity contribution in [2.75, 3.05) is 13.7 Å². The van der Waals surface area contributed by atoms with Gasteiger partial charge in [-0.3, -0.25) is 24.0 Å². The second-order valence-electron chi connectivity index (χ2n) is 15.4. The molecule has 0 saturated carbocycles. The molecule has 1 aliphatic heterocycles. The second kappa shape index (κ2) is 23.5. The van der Waals surface area contributed by atoms with Crippen molar-refractivity contribution in [2.24, 2.45) is 29.4 Å². The maximum Gasteiger partial charge on any atom is 0.329 e. The molecule has 14 heteroatoms. The summed E-state index contributed by atoms with van der Waals surface area (Å²) in [5.74, 6) is -5.95. The van der Waals surface area contributed by atoms with Crippen molar-refractivity contribution in [1.29, 1.82) is 0 Å². The largest absolute Gasteiger partial charge is 0.508 e. The summed E-state index contributed by atoms with van der Waals surface area (Å²) in [4.78, 5) is 81.0. The minimum absolute atomic E-state index is 0.0425. The van der Waals surface area contributed by atoms with Gasteiger partial charge in [0.2, 0.25) is 29.5 Å². The van der Waals surface area contributed by atoms with E-state index in [2.05, 4.69) is 28.2 Å². The monoisotopic (exact) mass is 803 g/mol. The van der Waals surface area contributed by atoms with Crippen molar-refractivity contribution in [3.8, 4) is 11.5 Å². The first-order chi connectivity index (χ1) is 27.6. The molecule has 0 bridgehead atoms. The number of benzene rings is 2. The minimum Gasteiger partial charge on any atom is -0.508 e. The molecule has 14 nitrogen and oxygen atoms in total. The number of carbonyl (C=O) groups excluding carboxylic acids is 6. The number of carbonyl (C=O) groups is 6. The number of aromatic hydroxyl groups is 1. The number of methoxy groups -OCH3 is 1. The second-order valence-corrected chi connectivity index (χ2v) is 15.4. The molecule has 1 unspecified atom stereocenters. The topological polar surface area (TPSA) is 215 Å². The van der Waals surface area contributed by atoms with Crippen LogP contribution in [0.5, 0.6) is 11.5 Å². The van der Waals surface area contributed by atoms with Crippen LogP contribution in [-0.2, 0) is 46.3 Å². The van der Waals surface area contributed by atoms with Crippen molar-refractivity contribution in [3.05, 3.63) is 84.0 Å². The molecule has 3 rings (SSSR count). The number of cyclic esters (lactones) is 1. The Morgan fingerprint density at radius 1 is 0.948 bits per heavy atom. The summed E-state index contributed by atoms with van der Waals surface area (Å²) in [5.41, 5.74) is 7.27. The molecule has 1 aliphatic rings. The van der Waals surface area contributed by atoms with Gasteiger partial charge in [0.05, 0.1) is 25.0 Å². The lowest BCUT2D eigenvalue weighted by Gasteiger charge is -2.29. The van der Waals surface area contributed by atoms with E-state index in [1.54, 1.807) is 70.2 Å². The number of nitrogens with one attached hydrogen (secondary N) is 4. The molecule has 0 aromatic heterocycles. The maximum absolute atomic E-state index is 14.2. The number of nitrogens with two attached hydrogens (primary N) is 1. The van der Waals surface area contributed by atoms with Gasteiger partial charge >= 0.3 is 5.97 Å². The standard InChI is InChI=1S/C44H61N5O9/c1-7-8-9-10-11-12-13-34(40(45)52)35(24-29-14-19-32(50)20-15-29)41(53)49-39(28(4)5)42(54)46-31-18-23-37(51)48-38(27(2)3)43(55)47-36(44(56)58-26-31)25-30-16-21-33(57-6)22-17-30/h12-23,27-28,31,34-36,38-39,50H,7-11,24-26H2,1-6H3,(H2,45,52)(H,46,54)(H,47,55)(H,48,51)(H,49,53)/b13-12?,23-18-/t31-,34?,35+,36+,38+,39+/m1/s1. The van der Waals surface area contributed by atoms with E-state index in [0.717, 1.165) is 31.8 Å². The van der Waals surface area contributed by atoms with Crippen molar-refractivity contribution in [3.63, 3.8) is 0 Å². The Bertz CT molecular complexity index is 1740. The van der Waals surface area contributed by atoms with E-state index < -0.39 is 84.0 Å². The number of allylic oxidation sites excluding steroid dienone is 1. The number of amides is 5. The molecule has 0 fully saturated rings. The van der Waals surface area contributed by atoms with Gasteiger partial charge in [0.15, 0.2) is 0 Å². The number of phenols is 1. The summed E-state index contributed by atoms with van der Waals surface area (Å²) in [5, 5.41) is 20.9. The summed E-state index contributed by atoms with van der Waals surface area (Å²) < 4.78 is 10.9. The van der Waals surface area contributed by atoms with Gasteiger partial charge in [0.1, 0.15) is 36.2 Å². The highest BCUT2D eigenvalue weighted by atomic mass is 16.5. The van der Waals surface area contributed by atoms with E-state index in [1.165, 1.54) is 25.3 Å². The lowest BCUT2D eigenvalue weighted by Crippen LogP contribution is -2.56. The van der Waals surface area contributed by atoms with Gasteiger partial charge in [0.25, 0.3) is 0 Å². The zero-order chi connectivity index (χ0) is 42.8. The van der Waals surface area contributed by atoms with Crippen LogP contribution >= 0.6 is 0 Å². The quantitative estimate of drug-likeness (QED) is 0.0691. The number of primary amides is 1. The molecular weight excluding hydrogens is 743 g/mol. The van der Waals surface area contributed by atoms with Gasteiger partial charge in [-0.15, -0.1) is 0 Å². The number of phenolic OH excluding ortho intramolecular Hbond substituents is 1. The third kappa shape index (κ3) is 15.0. The normalized spacial score (nSPS) is 19.8. The van der Waals surface area contributed by atoms with Gasteiger partial charge in [-0.2, -0.15) is 0 Å². The maximum atomic E-state index is 14.2. The SMILES string of the molecule is CCCCCCC=CC(C(N)=O)[C@H](Cc1ccc(O)cc1)C(=O)N[C@H](C(=O)N[C@@H]1/C=C\C(=O)N[C@@H](C(C)C)C(=O)N[C@@H](Cc2ccc(OC)cc2)C(=O)OC1)C(C)C. The molecular formula is C44H61N5O9. The molecule has 7 N–H and O–H groups in total. The van der Waals surface area contributed by atoms with Crippen LogP contribution in [0.4, 0.5) is 0 Å². The first-order valence-electron chi connectivity index (χ1n) is 20.1. The molecule has 0 spiro atoms. The van der Waals surface area contributed by atoms with Gasteiger partial charge < -0.3 is 41.6 Å². The number of hydrogen-bond donors (Lipinski definition) is 6. The molecule has 2 aromatic rings. The fraction of sp³-hybridized carbons (Fsp3) is 0.500. The highest BCUT2D eigenvalue weighted by Gasteiger charge is 2.35. The van der Waals surface area contributed by atoms with Crippen molar-refractivity contribution in [1.82, 2.24) is 21.3 Å². The number of unbranched alkanes of at least 4 members (excludes halogenated alkanes) is 4. The molecule has 6 atom stereocenters. The third-order valence-electron chi connectivity index (χ3n) is 9.96. The van der Waals surface area contributed by atoms with Crippen LogP contribution in [0, 0.1) is 23.7 Å². The van der Waals surface area contributed by atoms with Crippen LogP contribution in [0.15, 0.2) is 72.8 Å². The summed E-state index contributed by atoms with van der Waals surface area (Å²) in [6, 6.07) is 9.00. The first-order valence-corrected chi connectivity index (χ1v) is 20.1. The molecule has 316 valence electrons. The van der Waals surface area contributed by atoms with Gasteiger partial charge in [0, 0.05) is 12.5 Å². The van der Waals surface area contributed by atoms with Gasteiger partial charge in [-0.1, -0.05) is 96.4 Å². The summed E-state index contributed by atoms with van der Waals surface area (Å²) >= 11 is 0. The smallest absolute Gasteiger partial charge is 0.329 e. The van der Waals surface area contributed by atoms with E-state index in [9.17, 15) is 33.9 Å². The number of ether oxygens (including phenoxy) is 2. The number of rotatable bonds is 19. The van der Waals surface area contributed by atoms with E-state index in [4.69, 9.17) is 15.2 Å². The van der Waals surface area contributed by atoms with Crippen LogP contribution in [0.1, 0.15) is 77.8 Å². The molecule has 5 amide bonds. The molecule has 2 aromatic carbocycles. The van der Waals surface area contributed by atoms with Crippen molar-refractivity contribution < 1.29 is 43.3 Å². The summed E-state index contributed by atoms with van der Waals surface area (Å²) in [6.45, 7) is 8.71. The van der Waals surface area contributed by atoms with Crippen LogP contribution in [0.25, 0.3) is 0 Å². The molecule has 0 radical (unpaired) electrons. The minimum atomic E-state index is -1.13. The van der Waals surface area contributed by atoms with E-state index in [0.29, 0.717) is 23.3 Å². The number of hydrogen-bond acceptors (Lipinski definition) is 9.